The number of rotatable bonds is 7. The molecule has 0 aliphatic rings. The second kappa shape index (κ2) is 8.03. The van der Waals surface area contributed by atoms with Crippen LogP contribution in [-0.4, -0.2) is 55.8 Å². The van der Waals surface area contributed by atoms with Crippen LogP contribution >= 0.6 is 0 Å². The Hall–Kier alpha value is -3.16. The number of ether oxygens (including phenoxy) is 1. The van der Waals surface area contributed by atoms with Crippen LogP contribution in [0.15, 0.2) is 36.7 Å². The molecule has 0 aliphatic heterocycles. The van der Waals surface area contributed by atoms with Crippen molar-refractivity contribution >= 4 is 5.91 Å². The predicted molar refractivity (Wildman–Crippen MR) is 101 cm³/mol. The maximum atomic E-state index is 12.8. The molecule has 0 unspecified atom stereocenters. The number of aryl methyl sites for hydroxylation is 3. The van der Waals surface area contributed by atoms with Crippen LogP contribution in [0, 0.1) is 0 Å². The minimum absolute atomic E-state index is 0.0282. The van der Waals surface area contributed by atoms with Crippen molar-refractivity contribution in [2.24, 2.45) is 14.1 Å². The Bertz CT molecular complexity index is 930. The lowest BCUT2D eigenvalue weighted by Gasteiger charge is -2.17. The highest BCUT2D eigenvalue weighted by atomic mass is 16.5. The molecule has 8 nitrogen and oxygen atoms in total. The van der Waals surface area contributed by atoms with Gasteiger partial charge < -0.3 is 14.2 Å². The highest BCUT2D eigenvalue weighted by molar-refractivity contribution is 5.95. The van der Waals surface area contributed by atoms with Gasteiger partial charge in [-0.3, -0.25) is 4.79 Å². The molecule has 0 N–H and O–H groups in total. The van der Waals surface area contributed by atoms with Crippen molar-refractivity contribution in [2.45, 2.75) is 12.8 Å². The molecule has 8 heteroatoms. The van der Waals surface area contributed by atoms with E-state index in [-0.39, 0.29) is 5.91 Å². The van der Waals surface area contributed by atoms with Crippen molar-refractivity contribution in [3.63, 3.8) is 0 Å². The van der Waals surface area contributed by atoms with E-state index in [0.29, 0.717) is 23.9 Å². The molecule has 0 spiro atoms. The van der Waals surface area contributed by atoms with Crippen LogP contribution in [0.25, 0.3) is 11.4 Å². The third-order valence-corrected chi connectivity index (χ3v) is 4.43. The lowest BCUT2D eigenvalue weighted by Crippen LogP contribution is -2.28. The van der Waals surface area contributed by atoms with Crippen molar-refractivity contribution in [2.75, 3.05) is 20.7 Å². The monoisotopic (exact) mass is 368 g/mol. The maximum absolute atomic E-state index is 12.8. The number of methoxy groups -OCH3 is 1. The second-order valence-electron chi connectivity index (χ2n) is 6.41. The average Bonchev–Trinajstić information content (AvgIpc) is 3.26. The number of hydrogen-bond donors (Lipinski definition) is 0. The number of hydrogen-bond acceptors (Lipinski definition) is 5. The van der Waals surface area contributed by atoms with Gasteiger partial charge >= 0.3 is 6.01 Å². The van der Waals surface area contributed by atoms with Gasteiger partial charge in [0.1, 0.15) is 5.82 Å². The SMILES string of the molecule is COc1nc(-c2cccc(C(=O)N(C)CCCc3nccn3C)c2)nn1C. The fraction of sp³-hybridized carbons (Fsp3) is 0.368. The summed E-state index contributed by atoms with van der Waals surface area (Å²) < 4.78 is 8.72. The number of benzene rings is 1. The Labute approximate surface area is 158 Å². The van der Waals surface area contributed by atoms with Gasteiger partial charge in [0, 0.05) is 57.6 Å². The molecule has 2 aromatic heterocycles. The molecule has 2 heterocycles. The van der Waals surface area contributed by atoms with Crippen molar-refractivity contribution in [1.82, 2.24) is 29.2 Å². The third kappa shape index (κ3) is 4.16. The van der Waals surface area contributed by atoms with E-state index in [1.807, 2.05) is 43.1 Å². The van der Waals surface area contributed by atoms with Crippen LogP contribution in [0.2, 0.25) is 0 Å². The first kappa shape index (κ1) is 18.6. The van der Waals surface area contributed by atoms with E-state index >= 15 is 0 Å². The van der Waals surface area contributed by atoms with E-state index in [1.54, 1.807) is 36.0 Å². The molecular formula is C19H24N6O2. The van der Waals surface area contributed by atoms with Gasteiger partial charge in [0.15, 0.2) is 5.82 Å². The van der Waals surface area contributed by atoms with E-state index < -0.39 is 0 Å². The molecule has 3 rings (SSSR count). The van der Waals surface area contributed by atoms with Gasteiger partial charge in [-0.15, -0.1) is 5.10 Å². The molecule has 1 amide bonds. The van der Waals surface area contributed by atoms with Crippen molar-refractivity contribution < 1.29 is 9.53 Å². The predicted octanol–water partition coefficient (Wildman–Crippen LogP) is 1.93. The van der Waals surface area contributed by atoms with Crippen LogP contribution in [0.1, 0.15) is 22.6 Å². The highest BCUT2D eigenvalue weighted by Gasteiger charge is 2.15. The van der Waals surface area contributed by atoms with Crippen molar-refractivity contribution in [3.05, 3.63) is 48.0 Å². The fourth-order valence-corrected chi connectivity index (χ4v) is 2.90. The average molecular weight is 368 g/mol. The molecule has 0 saturated carbocycles. The molecule has 142 valence electrons. The van der Waals surface area contributed by atoms with E-state index in [1.165, 1.54) is 0 Å². The first-order valence-corrected chi connectivity index (χ1v) is 8.76. The van der Waals surface area contributed by atoms with Gasteiger partial charge in [-0.1, -0.05) is 12.1 Å². The van der Waals surface area contributed by atoms with Crippen molar-refractivity contribution in [1.29, 1.82) is 0 Å². The summed E-state index contributed by atoms with van der Waals surface area (Å²) in [4.78, 5) is 23.1. The first-order chi connectivity index (χ1) is 13.0. The second-order valence-corrected chi connectivity index (χ2v) is 6.41. The summed E-state index contributed by atoms with van der Waals surface area (Å²) in [5.41, 5.74) is 1.39. The molecule has 0 aliphatic carbocycles. The minimum atomic E-state index is -0.0282. The number of nitrogens with zero attached hydrogens (tertiary/aromatic N) is 6. The third-order valence-electron chi connectivity index (χ3n) is 4.43. The molecule has 27 heavy (non-hydrogen) atoms. The van der Waals surface area contributed by atoms with Crippen LogP contribution in [0.3, 0.4) is 0 Å². The molecule has 0 atom stereocenters. The van der Waals surface area contributed by atoms with E-state index in [2.05, 4.69) is 15.1 Å². The minimum Gasteiger partial charge on any atom is -0.467 e. The van der Waals surface area contributed by atoms with Gasteiger partial charge in [0.2, 0.25) is 0 Å². The maximum Gasteiger partial charge on any atom is 0.314 e. The molecule has 0 radical (unpaired) electrons. The Balaban J connectivity index is 1.66. The van der Waals surface area contributed by atoms with E-state index in [9.17, 15) is 4.79 Å². The molecular weight excluding hydrogens is 344 g/mol. The zero-order valence-corrected chi connectivity index (χ0v) is 16.1. The number of imidazole rings is 1. The van der Waals surface area contributed by atoms with E-state index in [4.69, 9.17) is 4.74 Å². The van der Waals surface area contributed by atoms with Gasteiger partial charge in [-0.05, 0) is 18.6 Å². The van der Waals surface area contributed by atoms with E-state index in [0.717, 1.165) is 24.2 Å². The first-order valence-electron chi connectivity index (χ1n) is 8.76. The summed E-state index contributed by atoms with van der Waals surface area (Å²) >= 11 is 0. The summed E-state index contributed by atoms with van der Waals surface area (Å²) in [6, 6.07) is 7.76. The van der Waals surface area contributed by atoms with Crippen molar-refractivity contribution in [3.8, 4) is 17.4 Å². The largest absolute Gasteiger partial charge is 0.467 e. The summed E-state index contributed by atoms with van der Waals surface area (Å²) in [5, 5.41) is 4.33. The molecule has 3 aromatic rings. The summed E-state index contributed by atoms with van der Waals surface area (Å²) in [7, 11) is 7.10. The number of aromatic nitrogens is 5. The zero-order valence-electron chi connectivity index (χ0n) is 16.1. The molecule has 0 fully saturated rings. The van der Waals surface area contributed by atoms with Crippen LogP contribution < -0.4 is 4.74 Å². The number of amides is 1. The van der Waals surface area contributed by atoms with Gasteiger partial charge in [-0.2, -0.15) is 4.98 Å². The summed E-state index contributed by atoms with van der Waals surface area (Å²) in [6.45, 7) is 0.658. The fourth-order valence-electron chi connectivity index (χ4n) is 2.90. The summed E-state index contributed by atoms with van der Waals surface area (Å²) in [5.74, 6) is 1.52. The molecule has 0 saturated heterocycles. The topological polar surface area (TPSA) is 78.1 Å². The Kier molecular flexibility index (Phi) is 5.54. The Morgan fingerprint density at radius 2 is 2.11 bits per heavy atom. The smallest absolute Gasteiger partial charge is 0.314 e. The van der Waals surface area contributed by atoms with Gasteiger partial charge in [0.05, 0.1) is 7.11 Å². The quantitative estimate of drug-likeness (QED) is 0.637. The number of carbonyl (C=O) groups excluding carboxylic acids is 1. The Morgan fingerprint density at radius 1 is 1.30 bits per heavy atom. The lowest BCUT2D eigenvalue weighted by molar-refractivity contribution is 0.0793. The normalized spacial score (nSPS) is 10.8. The number of carbonyl (C=O) groups is 1. The lowest BCUT2D eigenvalue weighted by atomic mass is 10.1. The van der Waals surface area contributed by atoms with Crippen LogP contribution in [-0.2, 0) is 20.5 Å². The molecule has 0 bridgehead atoms. The standard InChI is InChI=1S/C19H24N6O2/c1-23-12-10-20-16(23)9-6-11-24(2)18(26)15-8-5-7-14(13-15)17-21-19(27-4)25(3)22-17/h5,7-8,10,12-13H,6,9,11H2,1-4H3. The van der Waals surface area contributed by atoms with Gasteiger partial charge in [-0.25, -0.2) is 9.67 Å². The Morgan fingerprint density at radius 3 is 2.78 bits per heavy atom. The van der Waals surface area contributed by atoms with Crippen LogP contribution in [0.4, 0.5) is 0 Å². The zero-order chi connectivity index (χ0) is 19.4. The van der Waals surface area contributed by atoms with Crippen LogP contribution in [0.5, 0.6) is 6.01 Å². The highest BCUT2D eigenvalue weighted by Crippen LogP contribution is 2.20. The van der Waals surface area contributed by atoms with Gasteiger partial charge in [0.25, 0.3) is 5.91 Å². The summed E-state index contributed by atoms with van der Waals surface area (Å²) in [6.07, 6.45) is 5.40. The molecule has 1 aromatic carbocycles.